The van der Waals surface area contributed by atoms with Gasteiger partial charge in [-0.15, -0.1) is 0 Å². The highest BCUT2D eigenvalue weighted by Crippen LogP contribution is 2.39. The van der Waals surface area contributed by atoms with Gasteiger partial charge >= 0.3 is 5.97 Å². The smallest absolute Gasteiger partial charge is 0.303 e. The predicted octanol–water partition coefficient (Wildman–Crippen LogP) is 5.31. The molecule has 8 nitrogen and oxygen atoms in total. The number of carbonyl (C=O) groups excluding carboxylic acids is 2. The molecule has 5 unspecified atom stereocenters. The van der Waals surface area contributed by atoms with Crippen LogP contribution in [-0.2, 0) is 30.4 Å². The lowest BCUT2D eigenvalue weighted by molar-refractivity contribution is -0.253. The van der Waals surface area contributed by atoms with Gasteiger partial charge in [-0.05, 0) is 49.7 Å². The minimum absolute atomic E-state index is 0.00905. The van der Waals surface area contributed by atoms with Crippen LogP contribution in [0.2, 0.25) is 0 Å². The van der Waals surface area contributed by atoms with Crippen LogP contribution < -0.4 is 5.32 Å². The number of amides is 1. The Morgan fingerprint density at radius 1 is 0.975 bits per heavy atom. The van der Waals surface area contributed by atoms with Crippen molar-refractivity contribution in [2.24, 2.45) is 0 Å². The summed E-state index contributed by atoms with van der Waals surface area (Å²) in [5.74, 6) is -0.918. The standard InChI is InChI=1S/C32H38N2O6/c1-21(25-8-6-5-7-9-25)34(4)19-29-18-30(26-12-10-24(20-35)11-13-26)40-32(39-29)27-14-16-28(17-15-27)33-31(37)22(2)38-23(3)36/h5-17,21-22,29-30,32,35H,18-20H2,1-4H3,(H,33,37). The fourth-order valence-electron chi connectivity index (χ4n) is 4.77. The van der Waals surface area contributed by atoms with Crippen molar-refractivity contribution in [2.75, 3.05) is 18.9 Å². The molecule has 0 aliphatic carbocycles. The molecule has 1 saturated heterocycles. The molecule has 2 N–H and O–H groups in total. The molecule has 1 heterocycles. The second-order valence-corrected chi connectivity index (χ2v) is 10.2. The first kappa shape index (κ1) is 29.4. The van der Waals surface area contributed by atoms with Gasteiger partial charge in [0.2, 0.25) is 0 Å². The molecule has 8 heteroatoms. The number of hydrogen-bond acceptors (Lipinski definition) is 7. The third kappa shape index (κ3) is 7.76. The number of nitrogens with zero attached hydrogens (tertiary/aromatic N) is 1. The van der Waals surface area contributed by atoms with Gasteiger partial charge in [-0.3, -0.25) is 14.5 Å². The third-order valence-electron chi connectivity index (χ3n) is 7.21. The minimum Gasteiger partial charge on any atom is -0.453 e. The minimum atomic E-state index is -0.892. The number of anilines is 1. The van der Waals surface area contributed by atoms with Crippen LogP contribution in [0.1, 0.15) is 67.9 Å². The SMILES string of the molecule is CC(=O)OC(C)C(=O)Nc1ccc(C2OC(CN(C)C(C)c3ccccc3)CC(c3ccc(CO)cc3)O2)cc1. The Labute approximate surface area is 235 Å². The summed E-state index contributed by atoms with van der Waals surface area (Å²) >= 11 is 0. The van der Waals surface area contributed by atoms with Gasteiger partial charge in [-0.1, -0.05) is 66.7 Å². The van der Waals surface area contributed by atoms with E-state index in [2.05, 4.69) is 48.5 Å². The van der Waals surface area contributed by atoms with E-state index in [1.165, 1.54) is 19.4 Å². The number of nitrogens with one attached hydrogen (secondary N) is 1. The van der Waals surface area contributed by atoms with E-state index in [0.717, 1.165) is 16.7 Å². The largest absolute Gasteiger partial charge is 0.453 e. The number of carbonyl (C=O) groups is 2. The summed E-state index contributed by atoms with van der Waals surface area (Å²) in [5, 5.41) is 12.2. The molecule has 0 bridgehead atoms. The fraction of sp³-hybridized carbons (Fsp3) is 0.375. The number of rotatable bonds is 10. The van der Waals surface area contributed by atoms with Crippen molar-refractivity contribution in [3.05, 3.63) is 101 Å². The van der Waals surface area contributed by atoms with Crippen LogP contribution in [0.25, 0.3) is 0 Å². The van der Waals surface area contributed by atoms with Gasteiger partial charge in [0.05, 0.1) is 18.8 Å². The van der Waals surface area contributed by atoms with E-state index in [0.29, 0.717) is 18.7 Å². The maximum Gasteiger partial charge on any atom is 0.303 e. The van der Waals surface area contributed by atoms with Crippen LogP contribution in [0.4, 0.5) is 5.69 Å². The Kier molecular flexibility index (Phi) is 10.1. The highest BCUT2D eigenvalue weighted by Gasteiger charge is 2.33. The van der Waals surface area contributed by atoms with Crippen molar-refractivity contribution < 1.29 is 28.9 Å². The highest BCUT2D eigenvalue weighted by molar-refractivity contribution is 5.94. The van der Waals surface area contributed by atoms with E-state index in [1.54, 1.807) is 12.1 Å². The normalized spacial score (nSPS) is 20.5. The molecule has 0 saturated carbocycles. The summed E-state index contributed by atoms with van der Waals surface area (Å²) in [4.78, 5) is 25.8. The second kappa shape index (κ2) is 13.7. The maximum absolute atomic E-state index is 12.3. The molecule has 0 aromatic heterocycles. The lowest BCUT2D eigenvalue weighted by Gasteiger charge is -2.39. The van der Waals surface area contributed by atoms with Gasteiger partial charge in [0, 0.05) is 37.2 Å². The van der Waals surface area contributed by atoms with Gasteiger partial charge < -0.3 is 24.6 Å². The molecule has 5 atom stereocenters. The zero-order valence-electron chi connectivity index (χ0n) is 23.4. The average Bonchev–Trinajstić information content (AvgIpc) is 2.97. The van der Waals surface area contributed by atoms with Crippen molar-refractivity contribution in [3.63, 3.8) is 0 Å². The van der Waals surface area contributed by atoms with E-state index in [-0.39, 0.29) is 24.9 Å². The summed E-state index contributed by atoms with van der Waals surface area (Å²) in [7, 11) is 2.10. The summed E-state index contributed by atoms with van der Waals surface area (Å²) in [6.07, 6.45) is -1.10. The van der Waals surface area contributed by atoms with Crippen LogP contribution >= 0.6 is 0 Å². The summed E-state index contributed by atoms with van der Waals surface area (Å²) in [6, 6.07) is 25.7. The molecule has 1 fully saturated rings. The van der Waals surface area contributed by atoms with E-state index >= 15 is 0 Å². The molecule has 40 heavy (non-hydrogen) atoms. The zero-order chi connectivity index (χ0) is 28.6. The van der Waals surface area contributed by atoms with Crippen LogP contribution in [0, 0.1) is 0 Å². The molecule has 1 aliphatic rings. The first-order chi connectivity index (χ1) is 19.2. The maximum atomic E-state index is 12.3. The number of aliphatic hydroxyl groups is 1. The molecule has 0 radical (unpaired) electrons. The highest BCUT2D eigenvalue weighted by atomic mass is 16.7. The van der Waals surface area contributed by atoms with Crippen LogP contribution in [0.15, 0.2) is 78.9 Å². The number of ether oxygens (including phenoxy) is 3. The number of esters is 1. The van der Waals surface area contributed by atoms with E-state index in [1.807, 2.05) is 42.5 Å². The first-order valence-corrected chi connectivity index (χ1v) is 13.6. The van der Waals surface area contributed by atoms with Crippen LogP contribution in [-0.4, -0.2) is 47.7 Å². The van der Waals surface area contributed by atoms with Gasteiger partial charge in [0.1, 0.15) is 0 Å². The van der Waals surface area contributed by atoms with Gasteiger partial charge in [-0.25, -0.2) is 0 Å². The number of hydrogen-bond donors (Lipinski definition) is 2. The monoisotopic (exact) mass is 546 g/mol. The van der Waals surface area contributed by atoms with E-state index in [4.69, 9.17) is 14.2 Å². The van der Waals surface area contributed by atoms with Crippen molar-refractivity contribution in [2.45, 2.75) is 64.4 Å². The van der Waals surface area contributed by atoms with Crippen LogP contribution in [0.5, 0.6) is 0 Å². The summed E-state index contributed by atoms with van der Waals surface area (Å²) < 4.78 is 17.9. The van der Waals surface area contributed by atoms with Crippen molar-refractivity contribution in [1.82, 2.24) is 4.90 Å². The van der Waals surface area contributed by atoms with Gasteiger partial charge in [0.15, 0.2) is 12.4 Å². The Hall–Kier alpha value is -3.56. The molecule has 1 amide bonds. The van der Waals surface area contributed by atoms with Crippen molar-refractivity contribution in [1.29, 1.82) is 0 Å². The molecule has 1 aliphatic heterocycles. The van der Waals surface area contributed by atoms with Gasteiger partial charge in [-0.2, -0.15) is 0 Å². The molecule has 0 spiro atoms. The molecule has 3 aromatic carbocycles. The summed E-state index contributed by atoms with van der Waals surface area (Å²) in [5.41, 5.74) is 4.52. The average molecular weight is 547 g/mol. The Balaban J connectivity index is 1.50. The fourth-order valence-corrected chi connectivity index (χ4v) is 4.77. The van der Waals surface area contributed by atoms with Crippen LogP contribution in [0.3, 0.4) is 0 Å². The Morgan fingerprint density at radius 2 is 1.62 bits per heavy atom. The number of likely N-dealkylation sites (N-methyl/N-ethyl adjacent to an activating group) is 1. The van der Waals surface area contributed by atoms with E-state index in [9.17, 15) is 14.7 Å². The summed E-state index contributed by atoms with van der Waals surface area (Å²) in [6.45, 7) is 5.68. The second-order valence-electron chi connectivity index (χ2n) is 10.2. The first-order valence-electron chi connectivity index (χ1n) is 13.6. The predicted molar refractivity (Wildman–Crippen MR) is 152 cm³/mol. The topological polar surface area (TPSA) is 97.3 Å². The molecule has 4 rings (SSSR count). The lowest BCUT2D eigenvalue weighted by Crippen LogP contribution is -2.38. The number of aliphatic hydroxyl groups excluding tert-OH is 1. The zero-order valence-corrected chi connectivity index (χ0v) is 23.4. The van der Waals surface area contributed by atoms with E-state index < -0.39 is 24.3 Å². The quantitative estimate of drug-likeness (QED) is 0.333. The molecular formula is C32H38N2O6. The Morgan fingerprint density at radius 3 is 2.25 bits per heavy atom. The number of benzene rings is 3. The lowest BCUT2D eigenvalue weighted by atomic mass is 9.99. The molecule has 3 aromatic rings. The third-order valence-corrected chi connectivity index (χ3v) is 7.21. The van der Waals surface area contributed by atoms with Gasteiger partial charge in [0.25, 0.3) is 5.91 Å². The molecule has 212 valence electrons. The van der Waals surface area contributed by atoms with Crippen molar-refractivity contribution in [3.8, 4) is 0 Å². The Bertz CT molecular complexity index is 1250. The van der Waals surface area contributed by atoms with Crippen molar-refractivity contribution >= 4 is 17.6 Å². The molecular weight excluding hydrogens is 508 g/mol.